The zero-order valence-electron chi connectivity index (χ0n) is 12.5. The van der Waals surface area contributed by atoms with Crippen molar-refractivity contribution in [3.63, 3.8) is 0 Å². The molecular weight excluding hydrogens is 262 g/mol. The monoisotopic (exact) mass is 283 g/mol. The molecule has 0 aliphatic heterocycles. The lowest BCUT2D eigenvalue weighted by molar-refractivity contribution is 0.107. The van der Waals surface area contributed by atoms with Crippen LogP contribution in [0.3, 0.4) is 0 Å². The largest absolute Gasteiger partial charge is 0.384 e. The van der Waals surface area contributed by atoms with Gasteiger partial charge >= 0.3 is 0 Å². The Balaban J connectivity index is 1.85. The Morgan fingerprint density at radius 3 is 1.86 bits per heavy atom. The van der Waals surface area contributed by atoms with Gasteiger partial charge in [0.2, 0.25) is 0 Å². The molecule has 0 aliphatic rings. The smallest absolute Gasteiger partial charge is 0.122 e. The number of nitrogens with two attached hydrogens (primary N) is 1. The van der Waals surface area contributed by atoms with E-state index in [0.29, 0.717) is 13.2 Å². The van der Waals surface area contributed by atoms with Gasteiger partial charge in [0.1, 0.15) is 5.84 Å². The van der Waals surface area contributed by atoms with Crippen LogP contribution in [-0.4, -0.2) is 19.9 Å². The van der Waals surface area contributed by atoms with Gasteiger partial charge in [-0.25, -0.2) is 0 Å². The van der Waals surface area contributed by atoms with Crippen molar-refractivity contribution < 1.29 is 4.74 Å². The predicted molar refractivity (Wildman–Crippen MR) is 86.7 cm³/mol. The molecule has 2 aromatic carbocycles. The predicted octanol–water partition coefficient (Wildman–Crippen LogP) is 2.75. The van der Waals surface area contributed by atoms with Crippen LogP contribution in [0.2, 0.25) is 0 Å². The van der Waals surface area contributed by atoms with E-state index in [9.17, 15) is 0 Å². The number of benzene rings is 2. The summed E-state index contributed by atoms with van der Waals surface area (Å²) in [6, 6.07) is 15.9. The summed E-state index contributed by atoms with van der Waals surface area (Å²) in [6.07, 6.45) is 0. The molecule has 0 spiro atoms. The molecule has 2 rings (SSSR count). The summed E-state index contributed by atoms with van der Waals surface area (Å²) in [6.45, 7) is 1.13. The van der Waals surface area contributed by atoms with Gasteiger partial charge in [0.15, 0.2) is 0 Å². The summed E-state index contributed by atoms with van der Waals surface area (Å²) in [5.41, 5.74) is 9.56. The van der Waals surface area contributed by atoms with E-state index < -0.39 is 0 Å². The first-order chi connectivity index (χ1) is 10.1. The number of hydrogen-bond acceptors (Lipinski definition) is 3. The van der Waals surface area contributed by atoms with Crippen molar-refractivity contribution in [2.45, 2.75) is 13.2 Å². The van der Waals surface area contributed by atoms with Gasteiger partial charge in [0.25, 0.3) is 0 Å². The molecule has 0 fully saturated rings. The zero-order chi connectivity index (χ0) is 15.2. The lowest BCUT2D eigenvalue weighted by atomic mass is 10.1. The average Bonchev–Trinajstić information content (AvgIpc) is 2.48. The van der Waals surface area contributed by atoms with Crippen molar-refractivity contribution in [1.82, 2.24) is 0 Å². The summed E-state index contributed by atoms with van der Waals surface area (Å²) in [4.78, 5) is 2.07. The van der Waals surface area contributed by atoms with Gasteiger partial charge in [0, 0.05) is 25.3 Å². The molecule has 110 valence electrons. The first kappa shape index (κ1) is 15.1. The molecule has 0 heterocycles. The van der Waals surface area contributed by atoms with Crippen molar-refractivity contribution in [2.75, 3.05) is 19.0 Å². The summed E-state index contributed by atoms with van der Waals surface area (Å²) in [5, 5.41) is 7.35. The Hall–Kier alpha value is -2.33. The van der Waals surface area contributed by atoms with Gasteiger partial charge < -0.3 is 15.4 Å². The van der Waals surface area contributed by atoms with Crippen molar-refractivity contribution in [2.24, 2.45) is 5.73 Å². The lowest BCUT2D eigenvalue weighted by Crippen LogP contribution is -2.10. The highest BCUT2D eigenvalue weighted by Gasteiger charge is 1.99. The second-order valence-corrected chi connectivity index (χ2v) is 5.16. The molecule has 0 amide bonds. The third kappa shape index (κ3) is 4.33. The van der Waals surface area contributed by atoms with Crippen LogP contribution in [-0.2, 0) is 18.0 Å². The number of nitrogens with one attached hydrogen (secondary N) is 1. The highest BCUT2D eigenvalue weighted by atomic mass is 16.5. The van der Waals surface area contributed by atoms with E-state index in [1.807, 2.05) is 38.4 Å². The maximum Gasteiger partial charge on any atom is 0.122 e. The molecule has 0 bridgehead atoms. The van der Waals surface area contributed by atoms with E-state index in [4.69, 9.17) is 15.9 Å². The maximum atomic E-state index is 7.35. The molecule has 4 nitrogen and oxygen atoms in total. The lowest BCUT2D eigenvalue weighted by Gasteiger charge is -2.12. The first-order valence-corrected chi connectivity index (χ1v) is 6.83. The molecule has 0 aromatic heterocycles. The Morgan fingerprint density at radius 1 is 0.952 bits per heavy atom. The molecular formula is C17H21N3O. The minimum atomic E-state index is 0.0865. The SMILES string of the molecule is CN(C)c1ccc(COCc2ccc(C(=N)N)cc2)cc1. The molecule has 0 saturated carbocycles. The fraction of sp³-hybridized carbons (Fsp3) is 0.235. The summed E-state index contributed by atoms with van der Waals surface area (Å²) in [7, 11) is 4.05. The van der Waals surface area contributed by atoms with Gasteiger partial charge in [-0.1, -0.05) is 36.4 Å². The number of nitrogen functional groups attached to an aromatic ring is 1. The minimum Gasteiger partial charge on any atom is -0.384 e. The van der Waals surface area contributed by atoms with Crippen molar-refractivity contribution >= 4 is 11.5 Å². The summed E-state index contributed by atoms with van der Waals surface area (Å²) < 4.78 is 5.71. The molecule has 0 aliphatic carbocycles. The van der Waals surface area contributed by atoms with Crippen LogP contribution in [0.1, 0.15) is 16.7 Å². The van der Waals surface area contributed by atoms with Gasteiger partial charge in [-0.3, -0.25) is 5.41 Å². The first-order valence-electron chi connectivity index (χ1n) is 6.83. The van der Waals surface area contributed by atoms with Gasteiger partial charge in [0.05, 0.1) is 13.2 Å². The van der Waals surface area contributed by atoms with E-state index in [1.165, 1.54) is 5.69 Å². The Kier molecular flexibility index (Phi) is 4.95. The van der Waals surface area contributed by atoms with Gasteiger partial charge in [-0.15, -0.1) is 0 Å². The van der Waals surface area contributed by atoms with E-state index >= 15 is 0 Å². The van der Waals surface area contributed by atoms with Crippen molar-refractivity contribution in [3.8, 4) is 0 Å². The second-order valence-electron chi connectivity index (χ2n) is 5.16. The number of anilines is 1. The van der Waals surface area contributed by atoms with Crippen molar-refractivity contribution in [3.05, 3.63) is 65.2 Å². The number of nitrogens with zero attached hydrogens (tertiary/aromatic N) is 1. The number of rotatable bonds is 6. The third-order valence-corrected chi connectivity index (χ3v) is 3.26. The Morgan fingerprint density at radius 2 is 1.43 bits per heavy atom. The Labute approximate surface area is 125 Å². The topological polar surface area (TPSA) is 62.3 Å². The molecule has 0 atom stereocenters. The van der Waals surface area contributed by atoms with Crippen LogP contribution >= 0.6 is 0 Å². The normalized spacial score (nSPS) is 10.4. The minimum absolute atomic E-state index is 0.0865. The zero-order valence-corrected chi connectivity index (χ0v) is 12.5. The summed E-state index contributed by atoms with van der Waals surface area (Å²) in [5.74, 6) is 0.0865. The van der Waals surface area contributed by atoms with E-state index in [1.54, 1.807) is 0 Å². The second kappa shape index (κ2) is 6.90. The average molecular weight is 283 g/mol. The van der Waals surface area contributed by atoms with E-state index in [-0.39, 0.29) is 5.84 Å². The molecule has 0 unspecified atom stereocenters. The van der Waals surface area contributed by atoms with Crippen LogP contribution in [0.25, 0.3) is 0 Å². The van der Waals surface area contributed by atoms with Crippen LogP contribution < -0.4 is 10.6 Å². The van der Waals surface area contributed by atoms with Gasteiger partial charge in [-0.2, -0.15) is 0 Å². The maximum absolute atomic E-state index is 7.35. The van der Waals surface area contributed by atoms with E-state index in [2.05, 4.69) is 29.2 Å². The number of amidine groups is 1. The molecule has 3 N–H and O–H groups in total. The van der Waals surface area contributed by atoms with Crippen molar-refractivity contribution in [1.29, 1.82) is 5.41 Å². The highest BCUT2D eigenvalue weighted by Crippen LogP contribution is 2.13. The van der Waals surface area contributed by atoms with Crippen LogP contribution in [0.4, 0.5) is 5.69 Å². The van der Waals surface area contributed by atoms with Crippen LogP contribution in [0.15, 0.2) is 48.5 Å². The fourth-order valence-corrected chi connectivity index (χ4v) is 1.96. The quantitative estimate of drug-likeness (QED) is 0.633. The molecule has 0 saturated heterocycles. The molecule has 0 radical (unpaired) electrons. The van der Waals surface area contributed by atoms with E-state index in [0.717, 1.165) is 16.7 Å². The molecule has 21 heavy (non-hydrogen) atoms. The molecule has 2 aromatic rings. The Bertz CT molecular complexity index is 588. The fourth-order valence-electron chi connectivity index (χ4n) is 1.96. The number of ether oxygens (including phenoxy) is 1. The highest BCUT2D eigenvalue weighted by molar-refractivity contribution is 5.94. The molecule has 4 heteroatoms. The summed E-state index contributed by atoms with van der Waals surface area (Å²) >= 11 is 0. The van der Waals surface area contributed by atoms with Gasteiger partial charge in [-0.05, 0) is 23.3 Å². The standard InChI is InChI=1S/C17H21N3O/c1-20(2)16-9-5-14(6-10-16)12-21-11-13-3-7-15(8-4-13)17(18)19/h3-10H,11-12H2,1-2H3,(H3,18,19). The van der Waals surface area contributed by atoms with Crippen LogP contribution in [0, 0.1) is 5.41 Å². The van der Waals surface area contributed by atoms with Crippen LogP contribution in [0.5, 0.6) is 0 Å². The third-order valence-electron chi connectivity index (χ3n) is 3.26. The number of hydrogen-bond donors (Lipinski definition) is 2.